The van der Waals surface area contributed by atoms with E-state index in [1.54, 1.807) is 0 Å². The molecule has 5 nitrogen and oxygen atoms in total. The van der Waals surface area contributed by atoms with Crippen LogP contribution in [0.5, 0.6) is 0 Å². The number of carboxylic acid groups (broad SMARTS) is 1. The van der Waals surface area contributed by atoms with Crippen LogP contribution in [0.25, 0.3) is 0 Å². The Morgan fingerprint density at radius 1 is 1.53 bits per heavy atom. The first kappa shape index (κ1) is 12.4. The standard InChI is InChI=1S/C10H20N2O3/c1-3-8-9(4-2)15-6-5-12(8)11-7-10(13)14/h8-9,11H,3-7H2,1-2H3,(H,13,14). The Labute approximate surface area is 90.4 Å². The molecule has 0 aromatic carbocycles. The van der Waals surface area contributed by atoms with Crippen molar-refractivity contribution in [1.29, 1.82) is 0 Å². The Balaban J connectivity index is 2.49. The van der Waals surface area contributed by atoms with Gasteiger partial charge in [-0.15, -0.1) is 0 Å². The number of rotatable bonds is 5. The molecule has 0 saturated carbocycles. The van der Waals surface area contributed by atoms with E-state index in [4.69, 9.17) is 9.84 Å². The summed E-state index contributed by atoms with van der Waals surface area (Å²) in [6, 6.07) is 0.281. The number of hydrogen-bond donors (Lipinski definition) is 2. The fourth-order valence-corrected chi connectivity index (χ4v) is 2.02. The molecule has 1 heterocycles. The molecule has 0 amide bonds. The normalized spacial score (nSPS) is 27.9. The first-order valence-electron chi connectivity index (χ1n) is 5.52. The minimum atomic E-state index is -0.829. The fraction of sp³-hybridized carbons (Fsp3) is 0.900. The quantitative estimate of drug-likeness (QED) is 0.699. The number of nitrogens with zero attached hydrogens (tertiary/aromatic N) is 1. The fourth-order valence-electron chi connectivity index (χ4n) is 2.02. The Bertz CT molecular complexity index is 211. The van der Waals surface area contributed by atoms with E-state index in [9.17, 15) is 4.79 Å². The van der Waals surface area contributed by atoms with Gasteiger partial charge in [0.05, 0.1) is 18.8 Å². The molecule has 1 aliphatic rings. The van der Waals surface area contributed by atoms with Crippen LogP contribution in [-0.4, -0.2) is 47.9 Å². The summed E-state index contributed by atoms with van der Waals surface area (Å²) in [5.74, 6) is -0.829. The summed E-state index contributed by atoms with van der Waals surface area (Å²) in [7, 11) is 0. The number of morpholine rings is 1. The van der Waals surface area contributed by atoms with E-state index in [0.29, 0.717) is 6.61 Å². The molecule has 2 atom stereocenters. The third-order valence-electron chi connectivity index (χ3n) is 2.75. The predicted molar refractivity (Wildman–Crippen MR) is 56.5 cm³/mol. The summed E-state index contributed by atoms with van der Waals surface area (Å²) in [4.78, 5) is 10.5. The molecule has 1 fully saturated rings. The molecule has 0 radical (unpaired) electrons. The van der Waals surface area contributed by atoms with Crippen LogP contribution in [-0.2, 0) is 9.53 Å². The van der Waals surface area contributed by atoms with E-state index >= 15 is 0 Å². The first-order valence-corrected chi connectivity index (χ1v) is 5.52. The Hall–Kier alpha value is -0.650. The molecule has 0 spiro atoms. The van der Waals surface area contributed by atoms with Crippen molar-refractivity contribution in [2.45, 2.75) is 38.8 Å². The average molecular weight is 216 g/mol. The third kappa shape index (κ3) is 3.44. The van der Waals surface area contributed by atoms with Gasteiger partial charge in [-0.1, -0.05) is 13.8 Å². The van der Waals surface area contributed by atoms with Crippen LogP contribution in [0.2, 0.25) is 0 Å². The molecule has 1 aliphatic heterocycles. The summed E-state index contributed by atoms with van der Waals surface area (Å²) in [5, 5.41) is 10.6. The zero-order valence-corrected chi connectivity index (χ0v) is 9.40. The summed E-state index contributed by atoms with van der Waals surface area (Å²) in [6.07, 6.45) is 2.14. The first-order chi connectivity index (χ1) is 7.19. The van der Waals surface area contributed by atoms with Crippen molar-refractivity contribution in [2.75, 3.05) is 19.7 Å². The number of hydrogen-bond acceptors (Lipinski definition) is 4. The van der Waals surface area contributed by atoms with Gasteiger partial charge in [0.1, 0.15) is 6.54 Å². The molecule has 5 heteroatoms. The molecule has 88 valence electrons. The molecule has 15 heavy (non-hydrogen) atoms. The van der Waals surface area contributed by atoms with Gasteiger partial charge in [-0.3, -0.25) is 4.79 Å². The van der Waals surface area contributed by atoms with Crippen LogP contribution in [0.4, 0.5) is 0 Å². The van der Waals surface area contributed by atoms with E-state index in [1.807, 2.05) is 5.01 Å². The van der Waals surface area contributed by atoms with Gasteiger partial charge in [-0.2, -0.15) is 0 Å². The maximum absolute atomic E-state index is 10.5. The summed E-state index contributed by atoms with van der Waals surface area (Å²) in [6.45, 7) is 5.59. The second-order valence-corrected chi connectivity index (χ2v) is 3.72. The second-order valence-electron chi connectivity index (χ2n) is 3.72. The second kappa shape index (κ2) is 6.05. The van der Waals surface area contributed by atoms with Gasteiger partial charge in [0, 0.05) is 6.54 Å². The molecule has 2 unspecified atom stereocenters. The molecule has 0 aromatic rings. The lowest BCUT2D eigenvalue weighted by Gasteiger charge is -2.40. The highest BCUT2D eigenvalue weighted by molar-refractivity contribution is 5.68. The van der Waals surface area contributed by atoms with Gasteiger partial charge in [0.25, 0.3) is 0 Å². The van der Waals surface area contributed by atoms with E-state index < -0.39 is 5.97 Å². The maximum atomic E-state index is 10.5. The van der Waals surface area contributed by atoms with Gasteiger partial charge in [-0.05, 0) is 12.8 Å². The average Bonchev–Trinajstić information content (AvgIpc) is 2.25. The van der Waals surface area contributed by atoms with Crippen molar-refractivity contribution in [3.8, 4) is 0 Å². The minimum Gasteiger partial charge on any atom is -0.480 e. The van der Waals surface area contributed by atoms with Crippen molar-refractivity contribution in [3.05, 3.63) is 0 Å². The van der Waals surface area contributed by atoms with Gasteiger partial charge in [0.15, 0.2) is 0 Å². The monoisotopic (exact) mass is 216 g/mol. The highest BCUT2D eigenvalue weighted by Crippen LogP contribution is 2.17. The number of carboxylic acids is 1. The van der Waals surface area contributed by atoms with Crippen molar-refractivity contribution in [1.82, 2.24) is 10.4 Å². The molecule has 1 saturated heterocycles. The van der Waals surface area contributed by atoms with Crippen LogP contribution in [0.1, 0.15) is 26.7 Å². The SMILES string of the molecule is CCC1OCCN(NCC(=O)O)C1CC. The van der Waals surface area contributed by atoms with Crippen LogP contribution in [0.15, 0.2) is 0 Å². The Morgan fingerprint density at radius 3 is 2.80 bits per heavy atom. The smallest absolute Gasteiger partial charge is 0.318 e. The number of hydrazine groups is 1. The molecule has 0 aliphatic carbocycles. The lowest BCUT2D eigenvalue weighted by Crippen LogP contribution is -2.57. The van der Waals surface area contributed by atoms with Gasteiger partial charge < -0.3 is 9.84 Å². The van der Waals surface area contributed by atoms with Gasteiger partial charge in [0.2, 0.25) is 0 Å². The topological polar surface area (TPSA) is 61.8 Å². The number of ether oxygens (including phenoxy) is 1. The van der Waals surface area contributed by atoms with Crippen LogP contribution in [0, 0.1) is 0 Å². The molecular weight excluding hydrogens is 196 g/mol. The Kier molecular flexibility index (Phi) is 5.01. The number of nitrogens with one attached hydrogen (secondary N) is 1. The molecule has 1 rings (SSSR count). The minimum absolute atomic E-state index is 0.0209. The molecule has 2 N–H and O–H groups in total. The largest absolute Gasteiger partial charge is 0.480 e. The highest BCUT2D eigenvalue weighted by Gasteiger charge is 2.29. The van der Waals surface area contributed by atoms with E-state index in [1.165, 1.54) is 0 Å². The number of aliphatic carboxylic acids is 1. The number of carbonyl (C=O) groups is 1. The summed E-state index contributed by atoms with van der Waals surface area (Å²) >= 11 is 0. The van der Waals surface area contributed by atoms with Crippen molar-refractivity contribution in [2.24, 2.45) is 0 Å². The molecule has 0 aromatic heterocycles. The molecular formula is C10H20N2O3. The van der Waals surface area contributed by atoms with Crippen molar-refractivity contribution in [3.63, 3.8) is 0 Å². The maximum Gasteiger partial charge on any atom is 0.318 e. The summed E-state index contributed by atoms with van der Waals surface area (Å²) < 4.78 is 5.64. The van der Waals surface area contributed by atoms with Crippen molar-refractivity contribution < 1.29 is 14.6 Å². The van der Waals surface area contributed by atoms with Gasteiger partial charge in [-0.25, -0.2) is 10.4 Å². The lowest BCUT2D eigenvalue weighted by atomic mass is 10.0. The van der Waals surface area contributed by atoms with Gasteiger partial charge >= 0.3 is 5.97 Å². The summed E-state index contributed by atoms with van der Waals surface area (Å²) in [5.41, 5.74) is 2.94. The van der Waals surface area contributed by atoms with E-state index in [-0.39, 0.29) is 18.7 Å². The molecule has 0 bridgehead atoms. The van der Waals surface area contributed by atoms with Crippen LogP contribution < -0.4 is 5.43 Å². The predicted octanol–water partition coefficient (Wildman–Crippen LogP) is 0.465. The van der Waals surface area contributed by atoms with E-state index in [2.05, 4.69) is 19.3 Å². The Morgan fingerprint density at radius 2 is 2.27 bits per heavy atom. The highest BCUT2D eigenvalue weighted by atomic mass is 16.5. The van der Waals surface area contributed by atoms with Crippen LogP contribution in [0.3, 0.4) is 0 Å². The van der Waals surface area contributed by atoms with E-state index in [0.717, 1.165) is 19.4 Å². The third-order valence-corrected chi connectivity index (χ3v) is 2.75. The zero-order chi connectivity index (χ0) is 11.3. The van der Waals surface area contributed by atoms with Crippen LogP contribution >= 0.6 is 0 Å². The zero-order valence-electron chi connectivity index (χ0n) is 9.40. The van der Waals surface area contributed by atoms with Crippen molar-refractivity contribution >= 4 is 5.97 Å². The lowest BCUT2D eigenvalue weighted by molar-refractivity contribution is -0.139.